The molecule has 1 unspecified atom stereocenters. The molecule has 2 aromatic heterocycles. The predicted molar refractivity (Wildman–Crippen MR) is 138 cm³/mol. The standard InChI is InChI=1S/C25H30N8O6/c1-14(26)23(37)27-8-4-7-15-5-3-6-16(9-15)10-28-21-17-22(30-11-29-21)33(12-31-17)25-19(36)18(35)20(39-25)24(38)32(2)13-34/h3,5-6,9,11-14,18-20,24-25,35-36,38H,8,10,26H2,1-2H3,(H,27,37)(H,28,29,30)/t14-,18-,19+,20-,24?,25+/m0/s1. The van der Waals surface area contributed by atoms with Crippen molar-refractivity contribution in [2.75, 3.05) is 18.9 Å². The molecule has 39 heavy (non-hydrogen) atoms. The molecule has 206 valence electrons. The highest BCUT2D eigenvalue weighted by molar-refractivity contribution is 5.82. The predicted octanol–water partition coefficient (Wildman–Crippen LogP) is -1.72. The number of hydrogen-bond donors (Lipinski definition) is 6. The van der Waals surface area contributed by atoms with Crippen molar-refractivity contribution in [1.29, 1.82) is 0 Å². The van der Waals surface area contributed by atoms with Gasteiger partial charge in [0.05, 0.1) is 18.9 Å². The largest absolute Gasteiger partial charge is 0.387 e. The maximum atomic E-state index is 11.5. The van der Waals surface area contributed by atoms with Crippen molar-refractivity contribution in [3.63, 3.8) is 0 Å². The summed E-state index contributed by atoms with van der Waals surface area (Å²) in [5.41, 5.74) is 7.93. The van der Waals surface area contributed by atoms with E-state index < -0.39 is 36.8 Å². The van der Waals surface area contributed by atoms with Crippen LogP contribution < -0.4 is 16.4 Å². The topological polar surface area (TPSA) is 201 Å². The zero-order valence-corrected chi connectivity index (χ0v) is 21.3. The number of rotatable bonds is 9. The molecule has 3 heterocycles. The van der Waals surface area contributed by atoms with Crippen LogP contribution in [0.1, 0.15) is 24.3 Å². The van der Waals surface area contributed by atoms with E-state index >= 15 is 0 Å². The molecule has 0 spiro atoms. The fraction of sp³-hybridized carbons (Fsp3) is 0.400. The summed E-state index contributed by atoms with van der Waals surface area (Å²) in [7, 11) is 1.33. The zero-order chi connectivity index (χ0) is 28.1. The zero-order valence-electron chi connectivity index (χ0n) is 21.3. The molecule has 7 N–H and O–H groups in total. The maximum absolute atomic E-state index is 11.5. The Balaban J connectivity index is 1.46. The highest BCUT2D eigenvalue weighted by Crippen LogP contribution is 2.34. The van der Waals surface area contributed by atoms with Gasteiger partial charge in [-0.25, -0.2) is 15.0 Å². The first-order valence-corrected chi connectivity index (χ1v) is 12.1. The van der Waals surface area contributed by atoms with E-state index in [4.69, 9.17) is 10.5 Å². The molecule has 1 saturated heterocycles. The van der Waals surface area contributed by atoms with Crippen LogP contribution in [-0.2, 0) is 20.9 Å². The van der Waals surface area contributed by atoms with Crippen molar-refractivity contribution in [3.05, 3.63) is 48.0 Å². The summed E-state index contributed by atoms with van der Waals surface area (Å²) < 4.78 is 7.15. The SMILES string of the molecule is C[C@H](N)C(=O)NCC#Cc1cccc(CNc2ncnc3c2ncn3[C@@H]2O[C@H](C(O)N(C)C=O)[C@@H](O)[C@H]2O)c1. The van der Waals surface area contributed by atoms with Crippen LogP contribution in [0.15, 0.2) is 36.9 Å². The molecule has 4 rings (SSSR count). The molecule has 1 aliphatic rings. The molecule has 0 bridgehead atoms. The molecular weight excluding hydrogens is 508 g/mol. The number of aliphatic hydroxyl groups is 3. The number of fused-ring (bicyclic) bond motifs is 1. The van der Waals surface area contributed by atoms with Crippen LogP contribution in [0.5, 0.6) is 0 Å². The van der Waals surface area contributed by atoms with Crippen LogP contribution in [0.3, 0.4) is 0 Å². The van der Waals surface area contributed by atoms with Gasteiger partial charge in [-0.05, 0) is 24.6 Å². The summed E-state index contributed by atoms with van der Waals surface area (Å²) in [6.07, 6.45) is -3.58. The molecule has 1 fully saturated rings. The first-order chi connectivity index (χ1) is 18.7. The summed E-state index contributed by atoms with van der Waals surface area (Å²) in [6, 6.07) is 6.94. The quantitative estimate of drug-likeness (QED) is 0.103. The van der Waals surface area contributed by atoms with E-state index in [-0.39, 0.29) is 12.5 Å². The summed E-state index contributed by atoms with van der Waals surface area (Å²) in [6.45, 7) is 2.18. The Morgan fingerprint density at radius 3 is 2.85 bits per heavy atom. The number of benzene rings is 1. The molecular formula is C25H30N8O6. The lowest BCUT2D eigenvalue weighted by atomic mass is 10.1. The van der Waals surface area contributed by atoms with E-state index in [2.05, 4.69) is 37.4 Å². The van der Waals surface area contributed by atoms with Gasteiger partial charge in [-0.1, -0.05) is 24.0 Å². The van der Waals surface area contributed by atoms with E-state index in [1.807, 2.05) is 24.3 Å². The first-order valence-electron chi connectivity index (χ1n) is 12.1. The second-order valence-electron chi connectivity index (χ2n) is 9.07. The van der Waals surface area contributed by atoms with Crippen LogP contribution in [-0.4, -0.2) is 96.2 Å². The third-order valence-electron chi connectivity index (χ3n) is 6.17. The van der Waals surface area contributed by atoms with Gasteiger partial charge < -0.3 is 41.3 Å². The molecule has 0 radical (unpaired) electrons. The summed E-state index contributed by atoms with van der Waals surface area (Å²) in [5, 5.41) is 37.2. The number of aromatic nitrogens is 4. The molecule has 14 heteroatoms. The minimum absolute atomic E-state index is 0.189. The summed E-state index contributed by atoms with van der Waals surface area (Å²) >= 11 is 0. The van der Waals surface area contributed by atoms with Crippen molar-refractivity contribution in [1.82, 2.24) is 29.7 Å². The third kappa shape index (κ3) is 6.14. The summed E-state index contributed by atoms with van der Waals surface area (Å²) in [5.74, 6) is 6.05. The fourth-order valence-corrected chi connectivity index (χ4v) is 4.01. The maximum Gasteiger partial charge on any atom is 0.237 e. The van der Waals surface area contributed by atoms with Crippen LogP contribution in [0, 0.1) is 11.8 Å². The number of aliphatic hydroxyl groups excluding tert-OH is 3. The number of amides is 2. The number of carbonyl (C=O) groups is 2. The molecule has 0 saturated carbocycles. The van der Waals surface area contributed by atoms with E-state index in [1.54, 1.807) is 6.92 Å². The van der Waals surface area contributed by atoms with Gasteiger partial charge in [-0.3, -0.25) is 14.2 Å². The number of nitrogens with zero attached hydrogens (tertiary/aromatic N) is 5. The molecule has 1 aromatic carbocycles. The van der Waals surface area contributed by atoms with E-state index in [0.29, 0.717) is 29.9 Å². The van der Waals surface area contributed by atoms with Crippen molar-refractivity contribution < 1.29 is 29.6 Å². The summed E-state index contributed by atoms with van der Waals surface area (Å²) in [4.78, 5) is 36.3. The van der Waals surface area contributed by atoms with Gasteiger partial charge in [0.1, 0.15) is 24.6 Å². The molecule has 1 aliphatic heterocycles. The van der Waals surface area contributed by atoms with Gasteiger partial charge in [-0.2, -0.15) is 0 Å². The second kappa shape index (κ2) is 12.2. The van der Waals surface area contributed by atoms with Crippen LogP contribution in [0.25, 0.3) is 11.2 Å². The monoisotopic (exact) mass is 538 g/mol. The Bertz CT molecular complexity index is 1390. The smallest absolute Gasteiger partial charge is 0.237 e. The van der Waals surface area contributed by atoms with Gasteiger partial charge >= 0.3 is 0 Å². The minimum Gasteiger partial charge on any atom is -0.387 e. The van der Waals surface area contributed by atoms with Crippen molar-refractivity contribution >= 4 is 29.3 Å². The molecule has 14 nitrogen and oxygen atoms in total. The van der Waals surface area contributed by atoms with E-state index in [0.717, 1.165) is 16.0 Å². The Kier molecular flexibility index (Phi) is 8.69. The van der Waals surface area contributed by atoms with E-state index in [9.17, 15) is 24.9 Å². The van der Waals surface area contributed by atoms with Crippen LogP contribution in [0.2, 0.25) is 0 Å². The number of anilines is 1. The second-order valence-corrected chi connectivity index (χ2v) is 9.07. The fourth-order valence-electron chi connectivity index (χ4n) is 4.01. The number of hydrogen-bond acceptors (Lipinski definition) is 11. The van der Waals surface area contributed by atoms with Crippen molar-refractivity contribution in [2.24, 2.45) is 5.73 Å². The van der Waals surface area contributed by atoms with Crippen LogP contribution in [0.4, 0.5) is 5.82 Å². The lowest BCUT2D eigenvalue weighted by Crippen LogP contribution is -2.46. The Morgan fingerprint density at radius 1 is 1.31 bits per heavy atom. The number of likely N-dealkylation sites (N-methyl/N-ethyl adjacent to an activating group) is 1. The average Bonchev–Trinajstić information content (AvgIpc) is 3.49. The normalized spacial score (nSPS) is 22.0. The van der Waals surface area contributed by atoms with Crippen molar-refractivity contribution in [2.45, 2.75) is 50.3 Å². The number of carbonyl (C=O) groups excluding carboxylic acids is 2. The number of nitrogens with one attached hydrogen (secondary N) is 2. The average molecular weight is 539 g/mol. The van der Waals surface area contributed by atoms with Crippen molar-refractivity contribution in [3.8, 4) is 11.8 Å². The molecule has 2 amide bonds. The number of imidazole rings is 1. The molecule has 0 aliphatic carbocycles. The van der Waals surface area contributed by atoms with E-state index in [1.165, 1.54) is 24.3 Å². The minimum atomic E-state index is -1.47. The molecule has 6 atom stereocenters. The lowest BCUT2D eigenvalue weighted by Gasteiger charge is -2.26. The van der Waals surface area contributed by atoms with Crippen LogP contribution >= 0.6 is 0 Å². The van der Waals surface area contributed by atoms with Gasteiger partial charge in [0, 0.05) is 19.2 Å². The third-order valence-corrected chi connectivity index (χ3v) is 6.17. The molecule has 3 aromatic rings. The number of nitrogens with two attached hydrogens (primary N) is 1. The highest BCUT2D eigenvalue weighted by Gasteiger charge is 2.48. The Hall–Kier alpha value is -4.13. The first kappa shape index (κ1) is 27.9. The lowest BCUT2D eigenvalue weighted by molar-refractivity contribution is -0.149. The Labute approximate surface area is 223 Å². The highest BCUT2D eigenvalue weighted by atomic mass is 16.6. The van der Waals surface area contributed by atoms with Gasteiger partial charge in [-0.15, -0.1) is 0 Å². The van der Waals surface area contributed by atoms with Gasteiger partial charge in [0.25, 0.3) is 0 Å². The van der Waals surface area contributed by atoms with Gasteiger partial charge in [0.2, 0.25) is 12.3 Å². The Morgan fingerprint density at radius 2 is 2.10 bits per heavy atom. The van der Waals surface area contributed by atoms with Gasteiger partial charge in [0.15, 0.2) is 29.4 Å². The number of ether oxygens (including phenoxy) is 1.